The molecule has 0 saturated heterocycles. The van der Waals surface area contributed by atoms with Gasteiger partial charge in [0.15, 0.2) is 17.3 Å². The molecular formula is C10H8Br2F2O2. The smallest absolute Gasteiger partial charge is 0.200 e. The van der Waals surface area contributed by atoms with Crippen LogP contribution in [-0.2, 0) is 0 Å². The van der Waals surface area contributed by atoms with E-state index in [0.717, 1.165) is 6.07 Å². The second-order valence-electron chi connectivity index (χ2n) is 2.96. The number of hydrogen-bond acceptors (Lipinski definition) is 2. The van der Waals surface area contributed by atoms with Gasteiger partial charge in [0.1, 0.15) is 0 Å². The molecule has 0 heterocycles. The zero-order valence-electron chi connectivity index (χ0n) is 8.27. The van der Waals surface area contributed by atoms with Crippen molar-refractivity contribution in [3.63, 3.8) is 0 Å². The van der Waals surface area contributed by atoms with Crippen LogP contribution in [0.3, 0.4) is 0 Å². The summed E-state index contributed by atoms with van der Waals surface area (Å²) in [4.78, 5) is 11.2. The van der Waals surface area contributed by atoms with Gasteiger partial charge in [0.25, 0.3) is 0 Å². The number of ketones is 1. The Morgan fingerprint density at radius 2 is 2.12 bits per heavy atom. The first-order chi connectivity index (χ1) is 7.51. The van der Waals surface area contributed by atoms with Crippen LogP contribution in [0.25, 0.3) is 0 Å². The molecule has 0 radical (unpaired) electrons. The molecule has 0 N–H and O–H groups in total. The van der Waals surface area contributed by atoms with Crippen LogP contribution in [0.4, 0.5) is 8.78 Å². The summed E-state index contributed by atoms with van der Waals surface area (Å²) < 4.78 is 30.9. The normalized spacial score (nSPS) is 12.3. The SMILES string of the molecule is COc1cc(C(=O)C(Br)CBr)cc(F)c1F. The third-order valence-electron chi connectivity index (χ3n) is 1.92. The molecule has 16 heavy (non-hydrogen) atoms. The molecule has 88 valence electrons. The van der Waals surface area contributed by atoms with E-state index >= 15 is 0 Å². The monoisotopic (exact) mass is 356 g/mol. The van der Waals surface area contributed by atoms with Crippen LogP contribution in [0.2, 0.25) is 0 Å². The van der Waals surface area contributed by atoms with E-state index < -0.39 is 16.5 Å². The number of Topliss-reactive ketones (excluding diaryl/α,β-unsaturated/α-hetero) is 1. The van der Waals surface area contributed by atoms with Crippen LogP contribution in [0.1, 0.15) is 10.4 Å². The third kappa shape index (κ3) is 2.79. The van der Waals surface area contributed by atoms with Gasteiger partial charge in [-0.1, -0.05) is 31.9 Å². The van der Waals surface area contributed by atoms with E-state index in [1.807, 2.05) is 0 Å². The maximum absolute atomic E-state index is 13.1. The number of rotatable bonds is 4. The number of carbonyl (C=O) groups is 1. The summed E-state index contributed by atoms with van der Waals surface area (Å²) >= 11 is 6.23. The van der Waals surface area contributed by atoms with Gasteiger partial charge in [-0.05, 0) is 12.1 Å². The number of halogens is 4. The molecule has 0 aliphatic heterocycles. The zero-order chi connectivity index (χ0) is 12.3. The number of hydrogen-bond donors (Lipinski definition) is 0. The highest BCUT2D eigenvalue weighted by atomic mass is 79.9. The minimum absolute atomic E-state index is 0.0667. The van der Waals surface area contributed by atoms with Crippen molar-refractivity contribution < 1.29 is 18.3 Å². The minimum atomic E-state index is -1.10. The van der Waals surface area contributed by atoms with Gasteiger partial charge >= 0.3 is 0 Å². The molecule has 1 aromatic rings. The van der Waals surface area contributed by atoms with Gasteiger partial charge in [0, 0.05) is 10.9 Å². The fraction of sp³-hybridized carbons (Fsp3) is 0.300. The molecule has 0 aliphatic carbocycles. The molecule has 0 fully saturated rings. The Balaban J connectivity index is 3.16. The Labute approximate surface area is 108 Å². The van der Waals surface area contributed by atoms with Crippen molar-refractivity contribution in [1.82, 2.24) is 0 Å². The van der Waals surface area contributed by atoms with E-state index in [9.17, 15) is 13.6 Å². The Morgan fingerprint density at radius 1 is 1.50 bits per heavy atom. The number of ether oxygens (including phenoxy) is 1. The summed E-state index contributed by atoms with van der Waals surface area (Å²) in [5, 5.41) is 0.382. The van der Waals surface area contributed by atoms with Crippen LogP contribution in [0.5, 0.6) is 5.75 Å². The lowest BCUT2D eigenvalue weighted by Crippen LogP contribution is -2.16. The maximum atomic E-state index is 13.1. The molecule has 1 aromatic carbocycles. The molecule has 0 aliphatic rings. The molecule has 0 spiro atoms. The van der Waals surface area contributed by atoms with Crippen molar-refractivity contribution in [3.8, 4) is 5.75 Å². The Bertz CT molecular complexity index is 410. The van der Waals surface area contributed by atoms with E-state index in [1.165, 1.54) is 13.2 Å². The molecule has 1 atom stereocenters. The van der Waals surface area contributed by atoms with Crippen LogP contribution in [-0.4, -0.2) is 23.1 Å². The standard InChI is InChI=1S/C10H8Br2F2O2/c1-16-8-3-5(2-7(13)9(8)14)10(15)6(12)4-11/h2-3,6H,4H2,1H3. The van der Waals surface area contributed by atoms with Crippen molar-refractivity contribution in [2.24, 2.45) is 0 Å². The summed E-state index contributed by atoms with van der Waals surface area (Å²) in [6.45, 7) is 0. The molecule has 0 aromatic heterocycles. The molecule has 0 amide bonds. The Morgan fingerprint density at radius 3 is 2.62 bits per heavy atom. The van der Waals surface area contributed by atoms with E-state index in [-0.39, 0.29) is 17.1 Å². The van der Waals surface area contributed by atoms with Crippen LogP contribution >= 0.6 is 31.9 Å². The van der Waals surface area contributed by atoms with Gasteiger partial charge in [-0.3, -0.25) is 4.79 Å². The second-order valence-corrected chi connectivity index (χ2v) is 4.71. The number of carbonyl (C=O) groups excluding carboxylic acids is 1. The van der Waals surface area contributed by atoms with Crippen LogP contribution < -0.4 is 4.74 Å². The van der Waals surface area contributed by atoms with Gasteiger partial charge in [-0.15, -0.1) is 0 Å². The molecule has 0 saturated carbocycles. The van der Waals surface area contributed by atoms with Crippen LogP contribution in [0.15, 0.2) is 12.1 Å². The number of alkyl halides is 2. The first-order valence-corrected chi connectivity index (χ1v) is 6.32. The van der Waals surface area contributed by atoms with E-state index in [0.29, 0.717) is 5.33 Å². The predicted octanol–water partition coefficient (Wildman–Crippen LogP) is 3.31. The lowest BCUT2D eigenvalue weighted by atomic mass is 10.1. The summed E-state index contributed by atoms with van der Waals surface area (Å²) in [5.74, 6) is -2.81. The third-order valence-corrected chi connectivity index (χ3v) is 4.18. The average molecular weight is 358 g/mol. The first-order valence-electron chi connectivity index (χ1n) is 4.28. The fourth-order valence-corrected chi connectivity index (χ4v) is 1.66. The minimum Gasteiger partial charge on any atom is -0.494 e. The fourth-order valence-electron chi connectivity index (χ4n) is 1.11. The van der Waals surface area contributed by atoms with Gasteiger partial charge in [-0.25, -0.2) is 4.39 Å². The predicted molar refractivity (Wildman–Crippen MR) is 63.7 cm³/mol. The number of benzene rings is 1. The number of methoxy groups -OCH3 is 1. The van der Waals surface area contributed by atoms with Gasteiger partial charge in [-0.2, -0.15) is 4.39 Å². The molecule has 1 unspecified atom stereocenters. The molecule has 1 rings (SSSR count). The average Bonchev–Trinajstić information content (AvgIpc) is 2.30. The van der Waals surface area contributed by atoms with Gasteiger partial charge < -0.3 is 4.74 Å². The first kappa shape index (κ1) is 13.6. The van der Waals surface area contributed by atoms with E-state index in [4.69, 9.17) is 0 Å². The zero-order valence-corrected chi connectivity index (χ0v) is 11.4. The highest BCUT2D eigenvalue weighted by Crippen LogP contribution is 2.24. The van der Waals surface area contributed by atoms with Crippen molar-refractivity contribution in [1.29, 1.82) is 0 Å². The highest BCUT2D eigenvalue weighted by molar-refractivity contribution is 9.12. The van der Waals surface area contributed by atoms with Gasteiger partial charge in [0.05, 0.1) is 11.9 Å². The van der Waals surface area contributed by atoms with Crippen molar-refractivity contribution in [2.45, 2.75) is 4.83 Å². The lowest BCUT2D eigenvalue weighted by Gasteiger charge is -2.08. The van der Waals surface area contributed by atoms with Crippen LogP contribution in [0, 0.1) is 11.6 Å². The molecule has 6 heteroatoms. The highest BCUT2D eigenvalue weighted by Gasteiger charge is 2.20. The molecule has 0 bridgehead atoms. The topological polar surface area (TPSA) is 26.3 Å². The quantitative estimate of drug-likeness (QED) is 0.610. The summed E-state index contributed by atoms with van der Waals surface area (Å²) in [5.41, 5.74) is 0.0667. The molecular weight excluding hydrogens is 350 g/mol. The maximum Gasteiger partial charge on any atom is 0.200 e. The summed E-state index contributed by atoms with van der Waals surface area (Å²) in [6, 6.07) is 2.04. The van der Waals surface area contributed by atoms with Crippen molar-refractivity contribution in [3.05, 3.63) is 29.3 Å². The second kappa shape index (κ2) is 5.72. The largest absolute Gasteiger partial charge is 0.494 e. The Kier molecular flexibility index (Phi) is 4.86. The summed E-state index contributed by atoms with van der Waals surface area (Å²) in [7, 11) is 1.21. The van der Waals surface area contributed by atoms with Crippen molar-refractivity contribution >= 4 is 37.6 Å². The van der Waals surface area contributed by atoms with E-state index in [2.05, 4.69) is 36.6 Å². The summed E-state index contributed by atoms with van der Waals surface area (Å²) in [6.07, 6.45) is 0. The van der Waals surface area contributed by atoms with Gasteiger partial charge in [0.2, 0.25) is 5.82 Å². The van der Waals surface area contributed by atoms with Crippen molar-refractivity contribution in [2.75, 3.05) is 12.4 Å². The molecule has 2 nitrogen and oxygen atoms in total. The lowest BCUT2D eigenvalue weighted by molar-refractivity contribution is 0.0996. The Hall–Kier alpha value is -0.490. The van der Waals surface area contributed by atoms with E-state index in [1.54, 1.807) is 0 Å².